The number of pyridine rings is 1. The van der Waals surface area contributed by atoms with E-state index >= 15 is 0 Å². The van der Waals surface area contributed by atoms with Gasteiger partial charge in [0.05, 0.1) is 11.7 Å². The van der Waals surface area contributed by atoms with E-state index in [2.05, 4.69) is 10.3 Å². The third-order valence-electron chi connectivity index (χ3n) is 3.03. The van der Waals surface area contributed by atoms with Crippen molar-refractivity contribution in [3.05, 3.63) is 30.6 Å². The lowest BCUT2D eigenvalue weighted by atomic mass is 10.0. The van der Waals surface area contributed by atoms with Crippen molar-refractivity contribution < 1.29 is 4.79 Å². The Balaban J connectivity index is 2.21. The number of fused-ring (bicyclic) bond motifs is 1. The van der Waals surface area contributed by atoms with Crippen molar-refractivity contribution >= 4 is 17.4 Å². The molecule has 0 aliphatic heterocycles. The van der Waals surface area contributed by atoms with E-state index in [-0.39, 0.29) is 11.8 Å². The number of hydrogen-bond acceptors (Lipinski definition) is 2. The molecule has 0 bridgehead atoms. The predicted octanol–water partition coefficient (Wildman–Crippen LogP) is 2.71. The van der Waals surface area contributed by atoms with Gasteiger partial charge >= 0.3 is 0 Å². The molecule has 2 aromatic rings. The van der Waals surface area contributed by atoms with Crippen LogP contribution in [0.1, 0.15) is 26.7 Å². The number of amides is 1. The fourth-order valence-electron chi connectivity index (χ4n) is 1.91. The zero-order chi connectivity index (χ0) is 12.3. The topological polar surface area (TPSA) is 46.4 Å². The molecule has 0 unspecified atom stereocenters. The smallest absolute Gasteiger partial charge is 0.229 e. The van der Waals surface area contributed by atoms with Crippen LogP contribution in [0.25, 0.3) is 5.52 Å². The summed E-state index contributed by atoms with van der Waals surface area (Å²) in [5, 5.41) is 2.88. The summed E-state index contributed by atoms with van der Waals surface area (Å²) in [6.07, 6.45) is 5.35. The largest absolute Gasteiger partial charge is 0.295 e. The number of aromatic nitrogens is 2. The van der Waals surface area contributed by atoms with Gasteiger partial charge in [-0.3, -0.25) is 14.5 Å². The number of nitrogens with one attached hydrogen (secondary N) is 1. The highest BCUT2D eigenvalue weighted by Gasteiger charge is 2.15. The normalized spacial score (nSPS) is 11.0. The SMILES string of the molecule is CCC(CC)C(=O)Nc1ncc2ccccn12. The Morgan fingerprint density at radius 3 is 2.88 bits per heavy atom. The summed E-state index contributed by atoms with van der Waals surface area (Å²) >= 11 is 0. The van der Waals surface area contributed by atoms with E-state index in [1.54, 1.807) is 6.20 Å². The van der Waals surface area contributed by atoms with Gasteiger partial charge in [0.15, 0.2) is 0 Å². The van der Waals surface area contributed by atoms with Crippen LogP contribution in [0.3, 0.4) is 0 Å². The molecular formula is C13H17N3O. The quantitative estimate of drug-likeness (QED) is 0.879. The van der Waals surface area contributed by atoms with E-state index in [4.69, 9.17) is 0 Å². The number of anilines is 1. The molecule has 0 aliphatic rings. The van der Waals surface area contributed by atoms with Crippen LogP contribution in [0.5, 0.6) is 0 Å². The maximum absolute atomic E-state index is 12.0. The molecule has 2 heterocycles. The number of carbonyl (C=O) groups excluding carboxylic acids is 1. The molecule has 0 atom stereocenters. The average molecular weight is 231 g/mol. The number of hydrogen-bond donors (Lipinski definition) is 1. The fourth-order valence-corrected chi connectivity index (χ4v) is 1.91. The molecule has 0 aliphatic carbocycles. The van der Waals surface area contributed by atoms with Crippen LogP contribution >= 0.6 is 0 Å². The van der Waals surface area contributed by atoms with Gasteiger partial charge < -0.3 is 0 Å². The van der Waals surface area contributed by atoms with Crippen molar-refractivity contribution in [3.8, 4) is 0 Å². The second kappa shape index (κ2) is 4.99. The maximum atomic E-state index is 12.0. The van der Waals surface area contributed by atoms with Crippen LogP contribution < -0.4 is 5.32 Å². The Morgan fingerprint density at radius 2 is 2.18 bits per heavy atom. The molecule has 0 aromatic carbocycles. The molecule has 90 valence electrons. The van der Waals surface area contributed by atoms with Gasteiger partial charge in [-0.1, -0.05) is 19.9 Å². The van der Waals surface area contributed by atoms with Crippen LogP contribution in [-0.4, -0.2) is 15.3 Å². The van der Waals surface area contributed by atoms with Gasteiger partial charge in [-0.2, -0.15) is 0 Å². The first-order chi connectivity index (χ1) is 8.26. The van der Waals surface area contributed by atoms with Gasteiger partial charge in [0.25, 0.3) is 0 Å². The van der Waals surface area contributed by atoms with Crippen LogP contribution in [0.2, 0.25) is 0 Å². The Labute approximate surface area is 101 Å². The van der Waals surface area contributed by atoms with E-state index in [0.717, 1.165) is 18.4 Å². The van der Waals surface area contributed by atoms with Crippen molar-refractivity contribution in [2.24, 2.45) is 5.92 Å². The van der Waals surface area contributed by atoms with Crippen LogP contribution in [0.4, 0.5) is 5.95 Å². The molecule has 2 rings (SSSR count). The van der Waals surface area contributed by atoms with E-state index in [1.165, 1.54) is 0 Å². The Morgan fingerprint density at radius 1 is 1.41 bits per heavy atom. The van der Waals surface area contributed by atoms with Gasteiger partial charge in [-0.25, -0.2) is 4.98 Å². The van der Waals surface area contributed by atoms with Crippen molar-refractivity contribution in [2.75, 3.05) is 5.32 Å². The molecule has 2 aromatic heterocycles. The summed E-state index contributed by atoms with van der Waals surface area (Å²) < 4.78 is 1.88. The first-order valence-electron chi connectivity index (χ1n) is 5.99. The lowest BCUT2D eigenvalue weighted by Crippen LogP contribution is -2.22. The Kier molecular flexibility index (Phi) is 3.42. The summed E-state index contributed by atoms with van der Waals surface area (Å²) in [6.45, 7) is 4.05. The van der Waals surface area contributed by atoms with Crippen molar-refractivity contribution in [3.63, 3.8) is 0 Å². The Hall–Kier alpha value is -1.84. The molecule has 1 amide bonds. The summed E-state index contributed by atoms with van der Waals surface area (Å²) in [5.41, 5.74) is 0.979. The molecule has 0 radical (unpaired) electrons. The van der Waals surface area contributed by atoms with E-state index in [0.29, 0.717) is 5.95 Å². The standard InChI is InChI=1S/C13H17N3O/c1-3-10(4-2)12(17)15-13-14-9-11-7-5-6-8-16(11)13/h5-10H,3-4H2,1-2H3,(H,14,15,17). The minimum atomic E-state index is 0.0475. The number of carbonyl (C=O) groups is 1. The zero-order valence-electron chi connectivity index (χ0n) is 10.2. The third kappa shape index (κ3) is 2.30. The van der Waals surface area contributed by atoms with E-state index in [9.17, 15) is 4.79 Å². The molecule has 4 nitrogen and oxygen atoms in total. The van der Waals surface area contributed by atoms with Crippen LogP contribution in [0.15, 0.2) is 30.6 Å². The monoisotopic (exact) mass is 231 g/mol. The first kappa shape index (κ1) is 11.6. The summed E-state index contributed by atoms with van der Waals surface area (Å²) in [6, 6.07) is 5.82. The van der Waals surface area contributed by atoms with Gasteiger partial charge in [0.2, 0.25) is 11.9 Å². The maximum Gasteiger partial charge on any atom is 0.229 e. The number of nitrogens with zero attached hydrogens (tertiary/aromatic N) is 2. The third-order valence-corrected chi connectivity index (χ3v) is 3.03. The Bertz CT molecular complexity index is 514. The molecule has 1 N–H and O–H groups in total. The van der Waals surface area contributed by atoms with Crippen LogP contribution in [-0.2, 0) is 4.79 Å². The second-order valence-corrected chi connectivity index (χ2v) is 4.08. The van der Waals surface area contributed by atoms with Crippen molar-refractivity contribution in [1.82, 2.24) is 9.38 Å². The molecule has 0 saturated heterocycles. The molecule has 0 saturated carbocycles. The highest BCUT2D eigenvalue weighted by molar-refractivity contribution is 5.91. The summed E-state index contributed by atoms with van der Waals surface area (Å²) in [7, 11) is 0. The van der Waals surface area contributed by atoms with E-state index in [1.807, 2.05) is 42.6 Å². The average Bonchev–Trinajstić information content (AvgIpc) is 2.74. The number of rotatable bonds is 4. The van der Waals surface area contributed by atoms with Crippen LogP contribution in [0, 0.1) is 5.92 Å². The highest BCUT2D eigenvalue weighted by Crippen LogP contribution is 2.14. The number of imidazole rings is 1. The molecule has 4 heteroatoms. The second-order valence-electron chi connectivity index (χ2n) is 4.08. The van der Waals surface area contributed by atoms with Crippen molar-refractivity contribution in [1.29, 1.82) is 0 Å². The lowest BCUT2D eigenvalue weighted by Gasteiger charge is -2.11. The lowest BCUT2D eigenvalue weighted by molar-refractivity contribution is -0.120. The summed E-state index contributed by atoms with van der Waals surface area (Å²) in [5.74, 6) is 0.704. The van der Waals surface area contributed by atoms with E-state index < -0.39 is 0 Å². The zero-order valence-corrected chi connectivity index (χ0v) is 10.2. The highest BCUT2D eigenvalue weighted by atomic mass is 16.2. The van der Waals surface area contributed by atoms with Gasteiger partial charge in [-0.05, 0) is 25.0 Å². The van der Waals surface area contributed by atoms with Gasteiger partial charge in [0, 0.05) is 12.1 Å². The summed E-state index contributed by atoms with van der Waals surface area (Å²) in [4.78, 5) is 16.2. The first-order valence-corrected chi connectivity index (χ1v) is 5.99. The van der Waals surface area contributed by atoms with Gasteiger partial charge in [-0.15, -0.1) is 0 Å². The fraction of sp³-hybridized carbons (Fsp3) is 0.385. The van der Waals surface area contributed by atoms with Crippen molar-refractivity contribution in [2.45, 2.75) is 26.7 Å². The minimum Gasteiger partial charge on any atom is -0.295 e. The molecule has 0 fully saturated rings. The minimum absolute atomic E-state index is 0.0475. The predicted molar refractivity (Wildman–Crippen MR) is 67.9 cm³/mol. The molecular weight excluding hydrogens is 214 g/mol. The molecule has 17 heavy (non-hydrogen) atoms. The molecule has 0 spiro atoms. The van der Waals surface area contributed by atoms with Gasteiger partial charge in [0.1, 0.15) is 0 Å².